The van der Waals surface area contributed by atoms with Crippen molar-refractivity contribution in [2.75, 3.05) is 5.32 Å². The zero-order valence-corrected chi connectivity index (χ0v) is 16.5. The number of anilines is 1. The summed E-state index contributed by atoms with van der Waals surface area (Å²) in [5.74, 6) is -4.99. The van der Waals surface area contributed by atoms with Crippen LogP contribution in [0.15, 0.2) is 32.5 Å². The second-order valence-corrected chi connectivity index (χ2v) is 6.49. The van der Waals surface area contributed by atoms with Gasteiger partial charge in [0.1, 0.15) is 11.5 Å². The molecule has 0 aliphatic heterocycles. The standard InChI is InChI=1S/C16H13BrF4N4O4/c1-3-9(8-4-5-11(18)10(17)6-8)14(26)28-23-7(2)12-13(25-29-24-12)22-15(27)16(19,20)21/h4-6,9H,3H2,1-2H3,(H,22,25,27)/b23-7+. The van der Waals surface area contributed by atoms with Crippen LogP contribution in [-0.4, -0.2) is 34.1 Å². The van der Waals surface area contributed by atoms with E-state index in [-0.39, 0.29) is 15.9 Å². The highest BCUT2D eigenvalue weighted by Gasteiger charge is 2.40. The summed E-state index contributed by atoms with van der Waals surface area (Å²) in [5.41, 5.74) is -0.0555. The Balaban J connectivity index is 2.14. The smallest absolute Gasteiger partial charge is 0.317 e. The fraction of sp³-hybridized carbons (Fsp3) is 0.312. The van der Waals surface area contributed by atoms with Crippen molar-refractivity contribution in [1.82, 2.24) is 10.3 Å². The second-order valence-electron chi connectivity index (χ2n) is 5.63. The lowest BCUT2D eigenvalue weighted by Crippen LogP contribution is -2.30. The van der Waals surface area contributed by atoms with E-state index in [2.05, 4.69) is 36.0 Å². The van der Waals surface area contributed by atoms with Gasteiger partial charge in [-0.15, -0.1) is 0 Å². The molecule has 0 aliphatic carbocycles. The predicted octanol–water partition coefficient (Wildman–Crippen LogP) is 3.93. The van der Waals surface area contributed by atoms with Gasteiger partial charge in [0.2, 0.25) is 5.82 Å². The molecule has 1 aromatic heterocycles. The third kappa shape index (κ3) is 5.59. The number of hydrogen-bond acceptors (Lipinski definition) is 7. The first-order valence-corrected chi connectivity index (χ1v) is 8.75. The van der Waals surface area contributed by atoms with E-state index in [9.17, 15) is 27.2 Å². The fourth-order valence-electron chi connectivity index (χ4n) is 2.17. The molecule has 0 saturated carbocycles. The summed E-state index contributed by atoms with van der Waals surface area (Å²) in [5, 5.41) is 11.5. The highest BCUT2D eigenvalue weighted by Crippen LogP contribution is 2.26. The van der Waals surface area contributed by atoms with Crippen molar-refractivity contribution in [2.45, 2.75) is 32.4 Å². The van der Waals surface area contributed by atoms with Gasteiger partial charge >= 0.3 is 18.1 Å². The molecule has 1 amide bonds. The van der Waals surface area contributed by atoms with Crippen molar-refractivity contribution < 1.29 is 36.6 Å². The fourth-order valence-corrected chi connectivity index (χ4v) is 2.57. The van der Waals surface area contributed by atoms with Crippen LogP contribution in [0.1, 0.15) is 37.4 Å². The molecular formula is C16H13BrF4N4O4. The number of nitrogens with zero attached hydrogens (tertiary/aromatic N) is 3. The minimum Gasteiger partial charge on any atom is -0.317 e. The summed E-state index contributed by atoms with van der Waals surface area (Å²) in [6, 6.07) is 4.02. The Bertz CT molecular complexity index is 945. The molecule has 1 aromatic carbocycles. The summed E-state index contributed by atoms with van der Waals surface area (Å²) in [7, 11) is 0. The van der Waals surface area contributed by atoms with Crippen molar-refractivity contribution >= 4 is 39.3 Å². The highest BCUT2D eigenvalue weighted by molar-refractivity contribution is 9.10. The number of carbonyl (C=O) groups excluding carboxylic acids is 2. The normalized spacial score (nSPS) is 13.1. The van der Waals surface area contributed by atoms with Gasteiger partial charge in [-0.2, -0.15) is 13.2 Å². The molecule has 0 spiro atoms. The van der Waals surface area contributed by atoms with Crippen LogP contribution in [0.3, 0.4) is 0 Å². The Hall–Kier alpha value is -2.83. The third-order valence-electron chi connectivity index (χ3n) is 3.63. The van der Waals surface area contributed by atoms with Crippen LogP contribution >= 0.6 is 15.9 Å². The first-order valence-electron chi connectivity index (χ1n) is 7.96. The average molecular weight is 481 g/mol. The maximum Gasteiger partial charge on any atom is 0.471 e. The number of aromatic nitrogens is 2. The Kier molecular flexibility index (Phi) is 7.06. The number of rotatable bonds is 6. The van der Waals surface area contributed by atoms with Crippen molar-refractivity contribution in [3.8, 4) is 0 Å². The maximum atomic E-state index is 13.4. The van der Waals surface area contributed by atoms with Crippen molar-refractivity contribution in [3.05, 3.63) is 39.7 Å². The number of amides is 1. The Labute approximate surface area is 169 Å². The zero-order valence-electron chi connectivity index (χ0n) is 14.9. The lowest BCUT2D eigenvalue weighted by molar-refractivity contribution is -0.167. The van der Waals surface area contributed by atoms with Gasteiger partial charge in [-0.1, -0.05) is 18.1 Å². The molecule has 29 heavy (non-hydrogen) atoms. The quantitative estimate of drug-likeness (QED) is 0.290. The molecule has 1 N–H and O–H groups in total. The third-order valence-corrected chi connectivity index (χ3v) is 4.24. The number of hydrogen-bond donors (Lipinski definition) is 1. The average Bonchev–Trinajstić information content (AvgIpc) is 3.10. The number of alkyl halides is 3. The molecule has 1 unspecified atom stereocenters. The van der Waals surface area contributed by atoms with Gasteiger partial charge in [-0.3, -0.25) is 10.1 Å². The molecule has 2 rings (SSSR count). The van der Waals surface area contributed by atoms with Gasteiger partial charge in [0.05, 0.1) is 10.4 Å². The number of nitrogens with one attached hydrogen (secondary N) is 1. The number of halogens is 5. The topological polar surface area (TPSA) is 107 Å². The summed E-state index contributed by atoms with van der Waals surface area (Å²) < 4.78 is 54.9. The molecule has 0 fully saturated rings. The molecule has 2 aromatic rings. The van der Waals surface area contributed by atoms with Crippen molar-refractivity contribution in [1.29, 1.82) is 0 Å². The second kappa shape index (κ2) is 9.11. The molecule has 1 atom stereocenters. The molecule has 13 heteroatoms. The van der Waals surface area contributed by atoms with Crippen LogP contribution in [0, 0.1) is 5.82 Å². The van der Waals surface area contributed by atoms with Crippen LogP contribution in [0.4, 0.5) is 23.4 Å². The van der Waals surface area contributed by atoms with E-state index in [1.165, 1.54) is 30.4 Å². The molecule has 1 heterocycles. The van der Waals surface area contributed by atoms with E-state index < -0.39 is 35.6 Å². The molecular weight excluding hydrogens is 468 g/mol. The zero-order chi connectivity index (χ0) is 21.8. The van der Waals surface area contributed by atoms with Gasteiger partial charge in [0.25, 0.3) is 0 Å². The molecule has 0 saturated heterocycles. The van der Waals surface area contributed by atoms with Gasteiger partial charge in [0.15, 0.2) is 5.69 Å². The van der Waals surface area contributed by atoms with E-state index in [4.69, 9.17) is 4.84 Å². The van der Waals surface area contributed by atoms with Crippen molar-refractivity contribution in [2.24, 2.45) is 5.16 Å². The van der Waals surface area contributed by atoms with E-state index in [0.717, 1.165) is 0 Å². The molecule has 0 bridgehead atoms. The van der Waals surface area contributed by atoms with E-state index in [1.54, 1.807) is 6.92 Å². The SMILES string of the molecule is CCC(C(=O)O/N=C(\C)c1nonc1NC(=O)C(F)(F)F)c1ccc(F)c(Br)c1. The van der Waals surface area contributed by atoms with Crippen LogP contribution in [0.25, 0.3) is 0 Å². The monoisotopic (exact) mass is 480 g/mol. The van der Waals surface area contributed by atoms with Gasteiger partial charge in [-0.05, 0) is 57.3 Å². The Morgan fingerprint density at radius 3 is 2.62 bits per heavy atom. The summed E-state index contributed by atoms with van der Waals surface area (Å²) >= 11 is 3.03. The van der Waals surface area contributed by atoms with Gasteiger partial charge < -0.3 is 4.84 Å². The lowest BCUT2D eigenvalue weighted by Gasteiger charge is -2.12. The predicted molar refractivity (Wildman–Crippen MR) is 94.4 cm³/mol. The van der Waals surface area contributed by atoms with Gasteiger partial charge in [0, 0.05) is 0 Å². The van der Waals surface area contributed by atoms with Crippen LogP contribution in [-0.2, 0) is 14.4 Å². The van der Waals surface area contributed by atoms with Crippen LogP contribution in [0.2, 0.25) is 0 Å². The highest BCUT2D eigenvalue weighted by atomic mass is 79.9. The summed E-state index contributed by atoms with van der Waals surface area (Å²) in [6.07, 6.45) is -4.84. The largest absolute Gasteiger partial charge is 0.471 e. The number of carbonyl (C=O) groups is 2. The summed E-state index contributed by atoms with van der Waals surface area (Å²) in [4.78, 5) is 28.2. The number of oxime groups is 1. The molecule has 0 radical (unpaired) electrons. The first kappa shape index (κ1) is 22.5. The van der Waals surface area contributed by atoms with Crippen LogP contribution < -0.4 is 5.32 Å². The minimum atomic E-state index is -5.15. The summed E-state index contributed by atoms with van der Waals surface area (Å²) in [6.45, 7) is 2.96. The van der Waals surface area contributed by atoms with Crippen molar-refractivity contribution in [3.63, 3.8) is 0 Å². The van der Waals surface area contributed by atoms with E-state index >= 15 is 0 Å². The molecule has 0 aliphatic rings. The number of benzene rings is 1. The minimum absolute atomic E-state index is 0.166. The Morgan fingerprint density at radius 1 is 1.34 bits per heavy atom. The molecule has 8 nitrogen and oxygen atoms in total. The lowest BCUT2D eigenvalue weighted by atomic mass is 9.97. The first-order chi connectivity index (χ1) is 13.5. The molecule has 156 valence electrons. The maximum absolute atomic E-state index is 13.4. The van der Waals surface area contributed by atoms with E-state index in [1.807, 2.05) is 0 Å². The Morgan fingerprint density at radius 2 is 2.03 bits per heavy atom. The van der Waals surface area contributed by atoms with Gasteiger partial charge in [-0.25, -0.2) is 13.8 Å². The van der Waals surface area contributed by atoms with Crippen LogP contribution in [0.5, 0.6) is 0 Å². The van der Waals surface area contributed by atoms with E-state index in [0.29, 0.717) is 12.0 Å².